The molecule has 0 aromatic heterocycles. The van der Waals surface area contributed by atoms with Crippen molar-refractivity contribution in [3.8, 4) is 0 Å². The van der Waals surface area contributed by atoms with E-state index in [0.717, 1.165) is 71.4 Å². The largest absolute Gasteiger partial charge is 0.307 e. The Hall–Kier alpha value is 0.660. The second-order valence-corrected chi connectivity index (χ2v) is 7.32. The Bertz CT molecular complexity index is 214. The zero-order chi connectivity index (χ0) is 13.6. The predicted octanol–water partition coefficient (Wildman–Crippen LogP) is 5.54. The van der Waals surface area contributed by atoms with E-state index >= 15 is 0 Å². The Morgan fingerprint density at radius 2 is 1.22 bits per heavy atom. The number of unbranched alkanes of at least 4 members (excludes halogenated alkanes) is 2. The lowest BCUT2D eigenvalue weighted by molar-refractivity contribution is 0.272. The highest BCUT2D eigenvalue weighted by Crippen LogP contribution is 2.34. The molecule has 0 bridgehead atoms. The average molecular weight is 331 g/mol. The van der Waals surface area contributed by atoms with Gasteiger partial charge in [0.05, 0.1) is 37.3 Å². The smallest absolute Gasteiger partial charge is 0.283 e. The van der Waals surface area contributed by atoms with Crippen molar-refractivity contribution in [1.29, 1.82) is 0 Å². The van der Waals surface area contributed by atoms with E-state index in [2.05, 4.69) is 13.8 Å². The van der Waals surface area contributed by atoms with Crippen LogP contribution in [0.25, 0.3) is 0 Å². The lowest BCUT2D eigenvalue weighted by Gasteiger charge is -2.00. The normalized spacial score (nSPS) is 10.6. The van der Waals surface area contributed by atoms with Crippen molar-refractivity contribution in [3.63, 3.8) is 0 Å². The van der Waals surface area contributed by atoms with Crippen LogP contribution >= 0.6 is 45.7 Å². The van der Waals surface area contributed by atoms with Crippen molar-refractivity contribution < 1.29 is 18.0 Å². The van der Waals surface area contributed by atoms with E-state index < -0.39 is 0 Å². The summed E-state index contributed by atoms with van der Waals surface area (Å²) in [5, 5.41) is 0. The molecule has 106 valence electrons. The van der Waals surface area contributed by atoms with Crippen LogP contribution in [0.1, 0.15) is 39.5 Å². The van der Waals surface area contributed by atoms with E-state index in [-0.39, 0.29) is 8.89 Å². The monoisotopic (exact) mass is 330 g/mol. The maximum atomic E-state index is 11.3. The summed E-state index contributed by atoms with van der Waals surface area (Å²) in [5.74, 6) is 0. The summed E-state index contributed by atoms with van der Waals surface area (Å²) in [4.78, 5) is 22.5. The first kappa shape index (κ1) is 18.7. The number of carbonyl (C=O) groups is 2. The van der Waals surface area contributed by atoms with E-state index in [9.17, 15) is 9.59 Å². The Labute approximate surface area is 125 Å². The van der Waals surface area contributed by atoms with Crippen LogP contribution in [0.2, 0.25) is 0 Å². The van der Waals surface area contributed by atoms with Crippen molar-refractivity contribution in [3.05, 3.63) is 0 Å². The first-order valence-corrected chi connectivity index (χ1v) is 9.35. The quantitative estimate of drug-likeness (QED) is 0.327. The fourth-order valence-corrected chi connectivity index (χ4v) is 3.44. The summed E-state index contributed by atoms with van der Waals surface area (Å²) < 4.78 is 9.68. The van der Waals surface area contributed by atoms with Crippen molar-refractivity contribution in [1.82, 2.24) is 0 Å². The molecule has 0 saturated carbocycles. The molecule has 0 rings (SSSR count). The molecule has 0 aromatic rings. The van der Waals surface area contributed by atoms with Crippen molar-refractivity contribution in [2.24, 2.45) is 0 Å². The van der Waals surface area contributed by atoms with E-state index in [1.54, 1.807) is 0 Å². The van der Waals surface area contributed by atoms with Gasteiger partial charge in [-0.1, -0.05) is 26.7 Å². The minimum Gasteiger partial charge on any atom is -0.307 e. The molecule has 0 aliphatic carbocycles. The minimum atomic E-state index is -0.224. The molecule has 0 heterocycles. The molecule has 0 amide bonds. The van der Waals surface area contributed by atoms with Crippen molar-refractivity contribution in [2.75, 3.05) is 13.2 Å². The molecule has 0 fully saturated rings. The summed E-state index contributed by atoms with van der Waals surface area (Å²) in [6.07, 6.45) is 3.91. The van der Waals surface area contributed by atoms with E-state index in [0.29, 0.717) is 13.2 Å². The second kappa shape index (κ2) is 14.1. The number of carbonyl (C=O) groups excluding carboxylic acids is 2. The van der Waals surface area contributed by atoms with Gasteiger partial charge in [-0.25, -0.2) is 0 Å². The van der Waals surface area contributed by atoms with Crippen LogP contribution in [-0.4, -0.2) is 22.1 Å². The van der Waals surface area contributed by atoms with Crippen LogP contribution < -0.4 is 0 Å². The van der Waals surface area contributed by atoms with Gasteiger partial charge < -0.3 is 8.37 Å². The van der Waals surface area contributed by atoms with E-state index in [1.807, 2.05) is 0 Å². The molecule has 0 saturated heterocycles. The molecule has 0 radical (unpaired) electrons. The summed E-state index contributed by atoms with van der Waals surface area (Å²) in [5.41, 5.74) is 0. The van der Waals surface area contributed by atoms with Crippen LogP contribution in [0.4, 0.5) is 9.59 Å². The van der Waals surface area contributed by atoms with Crippen LogP contribution in [-0.2, 0) is 8.37 Å². The number of hydrogen-bond donors (Lipinski definition) is 0. The molecule has 4 nitrogen and oxygen atoms in total. The molecule has 0 aliphatic rings. The lowest BCUT2D eigenvalue weighted by Crippen LogP contribution is -1.90. The van der Waals surface area contributed by atoms with Gasteiger partial charge in [-0.05, 0) is 12.8 Å². The molecular formula is C10H18O4S4. The van der Waals surface area contributed by atoms with Gasteiger partial charge in [-0.2, -0.15) is 0 Å². The van der Waals surface area contributed by atoms with Gasteiger partial charge in [0.25, 0.3) is 8.89 Å². The molecule has 0 aliphatic heterocycles. The molecular weight excluding hydrogens is 312 g/mol. The van der Waals surface area contributed by atoms with Crippen molar-refractivity contribution >= 4 is 54.6 Å². The van der Waals surface area contributed by atoms with E-state index in [4.69, 9.17) is 8.37 Å². The van der Waals surface area contributed by atoms with Crippen molar-refractivity contribution in [2.45, 2.75) is 39.5 Å². The molecule has 0 atom stereocenters. The zero-order valence-corrected chi connectivity index (χ0v) is 13.8. The third-order valence-corrected chi connectivity index (χ3v) is 5.49. The van der Waals surface area contributed by atoms with Gasteiger partial charge in [0.2, 0.25) is 0 Å². The summed E-state index contributed by atoms with van der Waals surface area (Å²) >= 11 is 1.58. The minimum absolute atomic E-state index is 0.224. The zero-order valence-electron chi connectivity index (χ0n) is 10.5. The Morgan fingerprint density at radius 3 is 1.56 bits per heavy atom. The predicted molar refractivity (Wildman–Crippen MR) is 82.9 cm³/mol. The van der Waals surface area contributed by atoms with Gasteiger partial charge in [-0.15, -0.1) is 0 Å². The SMILES string of the molecule is CCCCOSC(=O)SSC(=O)SOCCCC. The van der Waals surface area contributed by atoms with E-state index in [1.165, 1.54) is 0 Å². The van der Waals surface area contributed by atoms with Gasteiger partial charge in [0, 0.05) is 21.6 Å². The van der Waals surface area contributed by atoms with Gasteiger partial charge >= 0.3 is 0 Å². The average Bonchev–Trinajstić information content (AvgIpc) is 2.37. The Balaban J connectivity index is 3.39. The molecule has 0 N–H and O–H groups in total. The van der Waals surface area contributed by atoms with Gasteiger partial charge in [-0.3, -0.25) is 9.59 Å². The Morgan fingerprint density at radius 1 is 0.833 bits per heavy atom. The molecule has 18 heavy (non-hydrogen) atoms. The highest BCUT2D eigenvalue weighted by Gasteiger charge is 2.11. The summed E-state index contributed by atoms with van der Waals surface area (Å²) in [6.45, 7) is 5.21. The molecule has 8 heteroatoms. The number of rotatable bonds is 8. The molecule has 0 spiro atoms. The standard InChI is InChI=1S/C10H18O4S4/c1-3-5-7-13-15-9(11)17-18-10(12)16-14-8-6-4-2/h3-8H2,1-2H3. The van der Waals surface area contributed by atoms with Gasteiger partial charge in [0.15, 0.2) is 0 Å². The second-order valence-electron chi connectivity index (χ2n) is 3.18. The van der Waals surface area contributed by atoms with Crippen LogP contribution in [0.5, 0.6) is 0 Å². The fraction of sp³-hybridized carbons (Fsp3) is 0.800. The molecule has 0 aromatic carbocycles. The highest BCUT2D eigenvalue weighted by molar-refractivity contribution is 8.92. The maximum absolute atomic E-state index is 11.3. The molecule has 0 unspecified atom stereocenters. The van der Waals surface area contributed by atoms with Crippen LogP contribution in [0, 0.1) is 0 Å². The first-order valence-electron chi connectivity index (χ1n) is 5.72. The van der Waals surface area contributed by atoms with Gasteiger partial charge in [0.1, 0.15) is 0 Å². The van der Waals surface area contributed by atoms with Crippen LogP contribution in [0.15, 0.2) is 0 Å². The highest BCUT2D eigenvalue weighted by atomic mass is 33.1. The topological polar surface area (TPSA) is 52.6 Å². The fourth-order valence-electron chi connectivity index (χ4n) is 0.682. The maximum Gasteiger partial charge on any atom is 0.283 e. The van der Waals surface area contributed by atoms with Crippen LogP contribution in [0.3, 0.4) is 0 Å². The third-order valence-electron chi connectivity index (χ3n) is 1.59. The number of hydrogen-bond acceptors (Lipinski definition) is 8. The third kappa shape index (κ3) is 13.1. The summed E-state index contributed by atoms with van der Waals surface area (Å²) in [7, 11) is 1.74. The Kier molecular flexibility index (Phi) is 14.6. The summed E-state index contributed by atoms with van der Waals surface area (Å²) in [6, 6.07) is 0. The first-order chi connectivity index (χ1) is 8.70. The lowest BCUT2D eigenvalue weighted by atomic mass is 10.4.